The number of hydrogen-bond acceptors (Lipinski definition) is 2. The number of aromatic nitrogens is 1. The Balaban J connectivity index is 1.70. The molecule has 162 valence electrons. The molecule has 0 saturated heterocycles. The highest BCUT2D eigenvalue weighted by Crippen LogP contribution is 2.27. The fourth-order valence-corrected chi connectivity index (χ4v) is 4.14. The summed E-state index contributed by atoms with van der Waals surface area (Å²) in [5, 5.41) is 4.10. The average molecular weight is 423 g/mol. The maximum atomic E-state index is 13.4. The van der Waals surface area contributed by atoms with Crippen LogP contribution in [0.4, 0.5) is 0 Å². The number of amides is 1. The van der Waals surface area contributed by atoms with Crippen LogP contribution < -0.4 is 5.32 Å². The number of fused-ring (bicyclic) bond motifs is 1. The number of para-hydroxylation sites is 1. The average Bonchev–Trinajstić information content (AvgIpc) is 2.82. The molecule has 0 aliphatic heterocycles. The van der Waals surface area contributed by atoms with Crippen molar-refractivity contribution < 1.29 is 4.79 Å². The van der Waals surface area contributed by atoms with Gasteiger partial charge in [0.25, 0.3) is 5.91 Å². The molecule has 3 nitrogen and oxygen atoms in total. The van der Waals surface area contributed by atoms with Crippen LogP contribution >= 0.6 is 0 Å². The van der Waals surface area contributed by atoms with Crippen molar-refractivity contribution in [1.29, 1.82) is 0 Å². The maximum Gasteiger partial charge on any atom is 0.252 e. The second kappa shape index (κ2) is 9.78. The first-order valence-corrected chi connectivity index (χ1v) is 11.4. The lowest BCUT2D eigenvalue weighted by Gasteiger charge is -2.18. The minimum Gasteiger partial charge on any atom is -0.345 e. The van der Waals surface area contributed by atoms with Gasteiger partial charge in [0.05, 0.1) is 22.8 Å². The molecule has 1 aromatic heterocycles. The zero-order valence-electron chi connectivity index (χ0n) is 19.0. The summed E-state index contributed by atoms with van der Waals surface area (Å²) >= 11 is 0. The van der Waals surface area contributed by atoms with E-state index in [1.54, 1.807) is 0 Å². The van der Waals surface area contributed by atoms with Gasteiger partial charge in [-0.1, -0.05) is 93.6 Å². The van der Waals surface area contributed by atoms with Crippen molar-refractivity contribution in [3.63, 3.8) is 0 Å². The largest absolute Gasteiger partial charge is 0.345 e. The van der Waals surface area contributed by atoms with Gasteiger partial charge in [-0.25, -0.2) is 4.98 Å². The van der Waals surface area contributed by atoms with E-state index < -0.39 is 0 Å². The van der Waals surface area contributed by atoms with Crippen LogP contribution in [0.15, 0.2) is 84.9 Å². The van der Waals surface area contributed by atoms with Crippen LogP contribution in [0.2, 0.25) is 0 Å². The standard InChI is InChI=1S/C29H30N2O/c1-4-26(22-10-6-5-7-11-22)31-29(32)25-19-28(30-27-13-9-8-12-24(25)27)23-16-14-21(15-17-23)18-20(2)3/h5-17,19-20,26H,4,18H2,1-3H3,(H,31,32). The van der Waals surface area contributed by atoms with Crippen LogP contribution in [0.3, 0.4) is 0 Å². The van der Waals surface area contributed by atoms with E-state index in [2.05, 4.69) is 62.5 Å². The molecule has 1 atom stereocenters. The second-order valence-electron chi connectivity index (χ2n) is 8.71. The van der Waals surface area contributed by atoms with Gasteiger partial charge in [-0.3, -0.25) is 4.79 Å². The number of nitrogens with one attached hydrogen (secondary N) is 1. The van der Waals surface area contributed by atoms with Crippen molar-refractivity contribution in [3.05, 3.63) is 102 Å². The molecule has 0 fully saturated rings. The van der Waals surface area contributed by atoms with E-state index in [4.69, 9.17) is 4.98 Å². The van der Waals surface area contributed by atoms with Gasteiger partial charge in [-0.05, 0) is 42.0 Å². The molecule has 32 heavy (non-hydrogen) atoms. The lowest BCUT2D eigenvalue weighted by Crippen LogP contribution is -2.28. The van der Waals surface area contributed by atoms with Gasteiger partial charge in [0.1, 0.15) is 0 Å². The number of pyridine rings is 1. The molecule has 0 spiro atoms. The minimum absolute atomic E-state index is 0.0330. The van der Waals surface area contributed by atoms with Crippen molar-refractivity contribution in [2.45, 2.75) is 39.7 Å². The quantitative estimate of drug-likeness (QED) is 0.349. The second-order valence-corrected chi connectivity index (χ2v) is 8.71. The lowest BCUT2D eigenvalue weighted by atomic mass is 9.99. The number of hydrogen-bond donors (Lipinski definition) is 1. The Bertz CT molecular complexity index is 1200. The molecule has 0 bridgehead atoms. The van der Waals surface area contributed by atoms with Gasteiger partial charge < -0.3 is 5.32 Å². The topological polar surface area (TPSA) is 42.0 Å². The summed E-state index contributed by atoms with van der Waals surface area (Å²) in [7, 11) is 0. The van der Waals surface area contributed by atoms with Gasteiger partial charge in [-0.15, -0.1) is 0 Å². The molecule has 1 N–H and O–H groups in total. The first kappa shape index (κ1) is 21.8. The Labute approximate surface area is 190 Å². The summed E-state index contributed by atoms with van der Waals surface area (Å²) in [5.74, 6) is 0.544. The van der Waals surface area contributed by atoms with Crippen molar-refractivity contribution in [3.8, 4) is 11.3 Å². The molecule has 1 heterocycles. The Kier molecular flexibility index (Phi) is 6.65. The summed E-state index contributed by atoms with van der Waals surface area (Å²) in [6.07, 6.45) is 1.87. The van der Waals surface area contributed by atoms with Crippen LogP contribution in [0.25, 0.3) is 22.2 Å². The Morgan fingerprint density at radius 1 is 0.906 bits per heavy atom. The zero-order chi connectivity index (χ0) is 22.5. The van der Waals surface area contributed by atoms with Crippen LogP contribution in [0.1, 0.15) is 54.7 Å². The Morgan fingerprint density at radius 3 is 2.28 bits per heavy atom. The molecule has 3 heteroatoms. The lowest BCUT2D eigenvalue weighted by molar-refractivity contribution is 0.0937. The van der Waals surface area contributed by atoms with Crippen molar-refractivity contribution in [1.82, 2.24) is 10.3 Å². The van der Waals surface area contributed by atoms with Crippen molar-refractivity contribution in [2.24, 2.45) is 5.92 Å². The van der Waals surface area contributed by atoms with Gasteiger partial charge in [-0.2, -0.15) is 0 Å². The van der Waals surface area contributed by atoms with Crippen LogP contribution in [0, 0.1) is 5.92 Å². The molecule has 4 aromatic rings. The molecule has 1 amide bonds. The molecular weight excluding hydrogens is 392 g/mol. The van der Waals surface area contributed by atoms with E-state index in [0.717, 1.165) is 40.6 Å². The molecular formula is C29H30N2O. The normalized spacial score (nSPS) is 12.1. The van der Waals surface area contributed by atoms with E-state index in [1.807, 2.05) is 48.5 Å². The minimum atomic E-state index is -0.0722. The van der Waals surface area contributed by atoms with Gasteiger partial charge in [0.15, 0.2) is 0 Å². The summed E-state index contributed by atoms with van der Waals surface area (Å²) in [5.41, 5.74) is 5.75. The van der Waals surface area contributed by atoms with Crippen molar-refractivity contribution in [2.75, 3.05) is 0 Å². The zero-order valence-corrected chi connectivity index (χ0v) is 19.0. The monoisotopic (exact) mass is 422 g/mol. The SMILES string of the molecule is CCC(NC(=O)c1cc(-c2ccc(CC(C)C)cc2)nc2ccccc12)c1ccccc1. The number of nitrogens with zero attached hydrogens (tertiary/aromatic N) is 1. The van der Waals surface area contributed by atoms with Crippen LogP contribution in [-0.2, 0) is 6.42 Å². The first-order chi connectivity index (χ1) is 15.5. The smallest absolute Gasteiger partial charge is 0.252 e. The molecule has 3 aromatic carbocycles. The van der Waals surface area contributed by atoms with Gasteiger partial charge in [0.2, 0.25) is 0 Å². The predicted octanol–water partition coefficient (Wildman–Crippen LogP) is 6.98. The highest BCUT2D eigenvalue weighted by Gasteiger charge is 2.18. The first-order valence-electron chi connectivity index (χ1n) is 11.4. The molecule has 1 unspecified atom stereocenters. The third kappa shape index (κ3) is 4.88. The number of carbonyl (C=O) groups is 1. The molecule has 0 radical (unpaired) electrons. The third-order valence-electron chi connectivity index (χ3n) is 5.77. The molecule has 4 rings (SSSR count). The maximum absolute atomic E-state index is 13.4. The van der Waals surface area contributed by atoms with Crippen molar-refractivity contribution >= 4 is 16.8 Å². The van der Waals surface area contributed by atoms with Crippen LogP contribution in [0.5, 0.6) is 0 Å². The summed E-state index contributed by atoms with van der Waals surface area (Å²) < 4.78 is 0. The highest BCUT2D eigenvalue weighted by molar-refractivity contribution is 6.07. The summed E-state index contributed by atoms with van der Waals surface area (Å²) in [6, 6.07) is 28.4. The molecule has 0 aliphatic carbocycles. The fraction of sp³-hybridized carbons (Fsp3) is 0.241. The van der Waals surface area contributed by atoms with E-state index in [0.29, 0.717) is 11.5 Å². The summed E-state index contributed by atoms with van der Waals surface area (Å²) in [6.45, 7) is 6.54. The predicted molar refractivity (Wildman–Crippen MR) is 133 cm³/mol. The van der Waals surface area contributed by atoms with Gasteiger partial charge in [0, 0.05) is 10.9 Å². The number of rotatable bonds is 7. The third-order valence-corrected chi connectivity index (χ3v) is 5.77. The van der Waals surface area contributed by atoms with E-state index >= 15 is 0 Å². The Morgan fingerprint density at radius 2 is 1.59 bits per heavy atom. The molecule has 0 saturated carbocycles. The molecule has 0 aliphatic rings. The highest BCUT2D eigenvalue weighted by atomic mass is 16.1. The van der Waals surface area contributed by atoms with Gasteiger partial charge >= 0.3 is 0 Å². The fourth-order valence-electron chi connectivity index (χ4n) is 4.14. The number of carbonyl (C=O) groups excluding carboxylic acids is 1. The van der Waals surface area contributed by atoms with E-state index in [1.165, 1.54) is 5.56 Å². The van der Waals surface area contributed by atoms with E-state index in [-0.39, 0.29) is 11.9 Å². The van der Waals surface area contributed by atoms with E-state index in [9.17, 15) is 4.79 Å². The summed E-state index contributed by atoms with van der Waals surface area (Å²) in [4.78, 5) is 18.3. The number of benzene rings is 3. The Hall–Kier alpha value is -3.46. The van der Waals surface area contributed by atoms with Crippen LogP contribution in [-0.4, -0.2) is 10.9 Å².